The highest BCUT2D eigenvalue weighted by molar-refractivity contribution is 7.26. The summed E-state index contributed by atoms with van der Waals surface area (Å²) in [4.78, 5) is 30.0. The summed E-state index contributed by atoms with van der Waals surface area (Å²) in [5.41, 5.74) is 14.4. The maximum atomic E-state index is 6.39. The fourth-order valence-corrected chi connectivity index (χ4v) is 13.7. The monoisotopic (exact) mass is 1140 g/mol. The third-order valence-electron chi connectivity index (χ3n) is 16.6. The van der Waals surface area contributed by atoms with E-state index in [-0.39, 0.29) is 0 Å². The van der Waals surface area contributed by atoms with Crippen LogP contribution in [0.15, 0.2) is 296 Å². The first-order valence-corrected chi connectivity index (χ1v) is 30.1. The molecule has 0 atom stereocenters. The topological polar surface area (TPSA) is 100 Å². The second-order valence-electron chi connectivity index (χ2n) is 21.8. The number of furan rings is 1. The van der Waals surface area contributed by atoms with Crippen LogP contribution in [0.3, 0.4) is 0 Å². The standard InChI is InChI=1S/C39H24N4O.C39H24N4S/c2*1-3-12-25(13-4-1)37-40-38(26-14-5-2-6-15-26)42-39(41-37)43-33-20-9-7-16-29(33)32-24-27(22-23-34(32)43)28-18-11-19-31-30-17-8-10-21-35(30)44-36(28)31/h2*1-24H. The Morgan fingerprint density at radius 3 is 1.16 bits per heavy atom. The predicted molar refractivity (Wildman–Crippen MR) is 361 cm³/mol. The van der Waals surface area contributed by atoms with Gasteiger partial charge in [0.15, 0.2) is 23.3 Å². The van der Waals surface area contributed by atoms with Gasteiger partial charge in [-0.05, 0) is 65.2 Å². The van der Waals surface area contributed by atoms with Crippen molar-refractivity contribution in [2.45, 2.75) is 0 Å². The molecule has 0 aliphatic carbocycles. The van der Waals surface area contributed by atoms with Crippen LogP contribution >= 0.6 is 11.3 Å². The third-order valence-corrected chi connectivity index (χ3v) is 17.8. The summed E-state index contributed by atoms with van der Waals surface area (Å²) < 4.78 is 13.3. The lowest BCUT2D eigenvalue weighted by Gasteiger charge is -2.11. The molecule has 0 aliphatic heterocycles. The molecule has 0 amide bonds. The van der Waals surface area contributed by atoms with Crippen LogP contribution in [0.2, 0.25) is 0 Å². The van der Waals surface area contributed by atoms with Crippen molar-refractivity contribution < 1.29 is 4.42 Å². The quantitative estimate of drug-likeness (QED) is 0.149. The minimum atomic E-state index is 0.580. The van der Waals surface area contributed by atoms with Gasteiger partial charge in [0.2, 0.25) is 11.9 Å². The van der Waals surface area contributed by atoms with Crippen molar-refractivity contribution in [1.29, 1.82) is 0 Å². The highest BCUT2D eigenvalue weighted by atomic mass is 32.1. The van der Waals surface area contributed by atoms with Gasteiger partial charge in [0.25, 0.3) is 0 Å². The molecular formula is C78H48N8OS. The fourth-order valence-electron chi connectivity index (χ4n) is 12.5. The lowest BCUT2D eigenvalue weighted by Crippen LogP contribution is -2.06. The molecule has 88 heavy (non-hydrogen) atoms. The lowest BCUT2D eigenvalue weighted by molar-refractivity contribution is 0.670. The zero-order valence-corrected chi connectivity index (χ0v) is 47.9. The second-order valence-corrected chi connectivity index (χ2v) is 22.8. The van der Waals surface area contributed by atoms with Crippen molar-refractivity contribution in [3.63, 3.8) is 0 Å². The Hall–Kier alpha value is -11.7. The van der Waals surface area contributed by atoms with Gasteiger partial charge in [-0.2, -0.15) is 19.9 Å². The van der Waals surface area contributed by atoms with E-state index in [1.54, 1.807) is 0 Å². The normalized spacial score (nSPS) is 11.6. The Bertz CT molecular complexity index is 5230. The Labute approximate surface area is 508 Å². The number of hydrogen-bond donors (Lipinski definition) is 0. The summed E-state index contributed by atoms with van der Waals surface area (Å²) in [5.74, 6) is 3.74. The maximum absolute atomic E-state index is 6.39. The van der Waals surface area contributed by atoms with E-state index in [0.29, 0.717) is 35.2 Å². The number of thiophene rings is 1. The van der Waals surface area contributed by atoms with Crippen LogP contribution in [-0.4, -0.2) is 39.0 Å². The van der Waals surface area contributed by atoms with Crippen molar-refractivity contribution in [3.8, 4) is 79.7 Å². The Morgan fingerprint density at radius 2 is 0.648 bits per heavy atom. The van der Waals surface area contributed by atoms with E-state index in [2.05, 4.69) is 167 Å². The van der Waals surface area contributed by atoms with Gasteiger partial charge >= 0.3 is 0 Å². The van der Waals surface area contributed by atoms with Gasteiger partial charge in [0.1, 0.15) is 11.2 Å². The van der Waals surface area contributed by atoms with Crippen LogP contribution in [0.4, 0.5) is 0 Å². The van der Waals surface area contributed by atoms with Gasteiger partial charge in [-0.25, -0.2) is 9.97 Å². The number of rotatable bonds is 8. The SMILES string of the molecule is c1ccc(-c2nc(-c3ccccc3)nc(-n3c4ccccc4c4cc(-c5cccc6c5oc5ccccc56)ccc43)n2)cc1.c1ccc(-c2nc(-c3ccccc3)nc(-n3c4ccccc4c4cc(-c5cccc6c5sc5ccccc56)ccc43)n2)cc1. The molecule has 18 rings (SSSR count). The molecule has 10 heteroatoms. The summed E-state index contributed by atoms with van der Waals surface area (Å²) in [6.45, 7) is 0. The zero-order valence-electron chi connectivity index (χ0n) is 47.1. The molecule has 0 spiro atoms. The number of para-hydroxylation sites is 4. The number of nitrogens with zero attached hydrogens (tertiary/aromatic N) is 8. The number of fused-ring (bicyclic) bond motifs is 12. The van der Waals surface area contributed by atoms with E-state index in [0.717, 1.165) is 93.5 Å². The number of aromatic nitrogens is 8. The van der Waals surface area contributed by atoms with E-state index in [1.165, 1.54) is 36.7 Å². The molecule has 0 N–H and O–H groups in total. The van der Waals surface area contributed by atoms with Crippen LogP contribution < -0.4 is 0 Å². The Kier molecular flexibility index (Phi) is 12.2. The highest BCUT2D eigenvalue weighted by Crippen LogP contribution is 2.43. The summed E-state index contributed by atoms with van der Waals surface area (Å²) in [6, 6.07) is 101. The van der Waals surface area contributed by atoms with Crippen LogP contribution in [-0.2, 0) is 0 Å². The second kappa shape index (κ2) is 21.1. The van der Waals surface area contributed by atoms with Crippen LogP contribution in [0, 0.1) is 0 Å². The van der Waals surface area contributed by atoms with Gasteiger partial charge in [-0.15, -0.1) is 11.3 Å². The van der Waals surface area contributed by atoms with Crippen molar-refractivity contribution >= 4 is 97.1 Å². The van der Waals surface area contributed by atoms with Gasteiger partial charge in [0.05, 0.1) is 22.1 Å². The first-order valence-electron chi connectivity index (χ1n) is 29.3. The summed E-state index contributed by atoms with van der Waals surface area (Å²) in [5, 5.41) is 9.43. The van der Waals surface area contributed by atoms with E-state index < -0.39 is 0 Å². The molecule has 0 fully saturated rings. The number of hydrogen-bond acceptors (Lipinski definition) is 8. The van der Waals surface area contributed by atoms with Gasteiger partial charge < -0.3 is 4.42 Å². The molecule has 9 nitrogen and oxygen atoms in total. The molecule has 0 aliphatic rings. The summed E-state index contributed by atoms with van der Waals surface area (Å²) >= 11 is 1.86. The first-order chi connectivity index (χ1) is 43.6. The minimum Gasteiger partial charge on any atom is -0.455 e. The summed E-state index contributed by atoms with van der Waals surface area (Å²) in [6.07, 6.45) is 0. The first kappa shape index (κ1) is 50.8. The van der Waals surface area contributed by atoms with E-state index in [1.807, 2.05) is 145 Å². The fraction of sp³-hybridized carbons (Fsp3) is 0. The molecule has 18 aromatic rings. The zero-order chi connectivity index (χ0) is 58.1. The average Bonchev–Trinajstić information content (AvgIpc) is 2.18. The Balaban J connectivity index is 0.000000137. The molecular weight excluding hydrogens is 1100 g/mol. The molecule has 6 aromatic heterocycles. The van der Waals surface area contributed by atoms with Crippen LogP contribution in [0.1, 0.15) is 0 Å². The molecule has 0 saturated heterocycles. The largest absolute Gasteiger partial charge is 0.455 e. The van der Waals surface area contributed by atoms with Gasteiger partial charge in [-0.1, -0.05) is 243 Å². The summed E-state index contributed by atoms with van der Waals surface area (Å²) in [7, 11) is 0. The molecule has 6 heterocycles. The average molecular weight is 1150 g/mol. The van der Waals surface area contributed by atoms with Crippen molar-refractivity contribution in [1.82, 2.24) is 39.0 Å². The molecule has 0 saturated carbocycles. The lowest BCUT2D eigenvalue weighted by atomic mass is 10.0. The molecule has 0 radical (unpaired) electrons. The smallest absolute Gasteiger partial charge is 0.238 e. The van der Waals surface area contributed by atoms with E-state index in [4.69, 9.17) is 34.3 Å². The van der Waals surface area contributed by atoms with Crippen LogP contribution in [0.25, 0.3) is 165 Å². The Morgan fingerprint density at radius 1 is 0.261 bits per heavy atom. The minimum absolute atomic E-state index is 0.580. The molecule has 12 aromatic carbocycles. The maximum Gasteiger partial charge on any atom is 0.238 e. The van der Waals surface area contributed by atoms with Gasteiger partial charge in [0, 0.05) is 80.3 Å². The van der Waals surface area contributed by atoms with E-state index in [9.17, 15) is 0 Å². The number of benzene rings is 12. The van der Waals surface area contributed by atoms with Crippen LogP contribution in [0.5, 0.6) is 0 Å². The third kappa shape index (κ3) is 8.69. The van der Waals surface area contributed by atoms with Crippen molar-refractivity contribution in [2.75, 3.05) is 0 Å². The van der Waals surface area contributed by atoms with Crippen molar-refractivity contribution in [2.24, 2.45) is 0 Å². The predicted octanol–water partition coefficient (Wildman–Crippen LogP) is 20.2. The van der Waals surface area contributed by atoms with Gasteiger partial charge in [-0.3, -0.25) is 9.13 Å². The molecule has 0 unspecified atom stereocenters. The molecule has 0 bridgehead atoms. The molecule has 412 valence electrons. The van der Waals surface area contributed by atoms with E-state index >= 15 is 0 Å². The highest BCUT2D eigenvalue weighted by Gasteiger charge is 2.22. The van der Waals surface area contributed by atoms with Crippen molar-refractivity contribution in [3.05, 3.63) is 291 Å².